The van der Waals surface area contributed by atoms with Gasteiger partial charge in [0.25, 0.3) is 0 Å². The van der Waals surface area contributed by atoms with Gasteiger partial charge in [0.2, 0.25) is 10.0 Å². The molecule has 18 heavy (non-hydrogen) atoms. The molecule has 4 N–H and O–H groups in total. The summed E-state index contributed by atoms with van der Waals surface area (Å²) >= 11 is 3.35. The van der Waals surface area contributed by atoms with Gasteiger partial charge in [-0.2, -0.15) is 0 Å². The first-order valence-electron chi connectivity index (χ1n) is 5.66. The van der Waals surface area contributed by atoms with Crippen LogP contribution in [-0.4, -0.2) is 21.2 Å². The van der Waals surface area contributed by atoms with Crippen molar-refractivity contribution >= 4 is 43.0 Å². The van der Waals surface area contributed by atoms with Crippen LogP contribution in [0.5, 0.6) is 0 Å². The highest BCUT2D eigenvalue weighted by Crippen LogP contribution is 2.34. The summed E-state index contributed by atoms with van der Waals surface area (Å²) in [6, 6.07) is 3.50. The monoisotopic (exact) mass is 333 g/mol. The lowest BCUT2D eigenvalue weighted by molar-refractivity contribution is 0.607. The zero-order valence-corrected chi connectivity index (χ0v) is 12.4. The highest BCUT2D eigenvalue weighted by atomic mass is 79.9. The average molecular weight is 334 g/mol. The number of halogens is 1. The second-order valence-electron chi connectivity index (χ2n) is 4.61. The number of nitrogens with two attached hydrogens (primary N) is 1. The van der Waals surface area contributed by atoms with E-state index in [1.54, 1.807) is 6.07 Å². The molecule has 0 bridgehead atoms. The molecule has 0 aliphatic heterocycles. The summed E-state index contributed by atoms with van der Waals surface area (Å²) in [5, 5.41) is 3.25. The number of nitrogens with one attached hydrogen (secondary N) is 2. The van der Waals surface area contributed by atoms with Crippen LogP contribution in [0.15, 0.2) is 16.6 Å². The first kappa shape index (κ1) is 13.5. The molecule has 2 rings (SSSR count). The molecular weight excluding hydrogens is 318 g/mol. The summed E-state index contributed by atoms with van der Waals surface area (Å²) in [7, 11) is -3.33. The zero-order valence-electron chi connectivity index (χ0n) is 10.0. The molecule has 1 aliphatic carbocycles. The molecule has 0 unspecified atom stereocenters. The Labute approximate surface area is 115 Å². The molecule has 7 heteroatoms. The van der Waals surface area contributed by atoms with Crippen LogP contribution >= 0.6 is 15.9 Å². The van der Waals surface area contributed by atoms with E-state index in [1.165, 1.54) is 12.8 Å². The Kier molecular flexibility index (Phi) is 3.72. The highest BCUT2D eigenvalue weighted by molar-refractivity contribution is 9.10. The first-order chi connectivity index (χ1) is 8.35. The third-order valence-electron chi connectivity index (χ3n) is 2.72. The van der Waals surface area contributed by atoms with Gasteiger partial charge in [0.1, 0.15) is 0 Å². The van der Waals surface area contributed by atoms with Gasteiger partial charge in [-0.3, -0.25) is 4.72 Å². The van der Waals surface area contributed by atoms with E-state index in [-0.39, 0.29) is 0 Å². The van der Waals surface area contributed by atoms with Gasteiger partial charge >= 0.3 is 0 Å². The van der Waals surface area contributed by atoms with Crippen LogP contribution in [0, 0.1) is 5.92 Å². The molecule has 1 aromatic carbocycles. The lowest BCUT2D eigenvalue weighted by Crippen LogP contribution is -2.13. The van der Waals surface area contributed by atoms with Gasteiger partial charge in [-0.05, 0) is 30.9 Å². The number of nitrogen functional groups attached to an aromatic ring is 1. The number of benzene rings is 1. The third-order valence-corrected chi connectivity index (χ3v) is 3.77. The molecule has 0 spiro atoms. The Balaban J connectivity index is 2.23. The molecule has 0 saturated heterocycles. The van der Waals surface area contributed by atoms with E-state index in [1.807, 2.05) is 6.07 Å². The molecule has 100 valence electrons. The normalized spacial score (nSPS) is 15.4. The van der Waals surface area contributed by atoms with Gasteiger partial charge < -0.3 is 11.1 Å². The minimum Gasteiger partial charge on any atom is -0.395 e. The minimum absolute atomic E-state index is 0.394. The highest BCUT2D eigenvalue weighted by Gasteiger charge is 2.21. The fourth-order valence-electron chi connectivity index (χ4n) is 1.62. The SMILES string of the molecule is CS(=O)(=O)Nc1cc(Br)cc(NCC2CC2)c1N. The second-order valence-corrected chi connectivity index (χ2v) is 7.28. The van der Waals surface area contributed by atoms with Crippen molar-refractivity contribution in [1.82, 2.24) is 0 Å². The van der Waals surface area contributed by atoms with E-state index in [0.29, 0.717) is 11.4 Å². The summed E-state index contributed by atoms with van der Waals surface area (Å²) in [6.45, 7) is 0.874. The molecule has 1 fully saturated rings. The van der Waals surface area contributed by atoms with Crippen LogP contribution in [0.4, 0.5) is 17.1 Å². The Morgan fingerprint density at radius 2 is 2.00 bits per heavy atom. The number of hydrogen-bond acceptors (Lipinski definition) is 4. The Morgan fingerprint density at radius 3 is 2.56 bits per heavy atom. The van der Waals surface area contributed by atoms with Crippen LogP contribution in [-0.2, 0) is 10.0 Å². The summed E-state index contributed by atoms with van der Waals surface area (Å²) in [4.78, 5) is 0. The predicted molar refractivity (Wildman–Crippen MR) is 78.2 cm³/mol. The maximum Gasteiger partial charge on any atom is 0.229 e. The predicted octanol–water partition coefficient (Wildman–Crippen LogP) is 2.22. The first-order valence-corrected chi connectivity index (χ1v) is 8.34. The van der Waals surface area contributed by atoms with Gasteiger partial charge in [-0.25, -0.2) is 8.42 Å². The van der Waals surface area contributed by atoms with Crippen LogP contribution in [0.3, 0.4) is 0 Å². The number of sulfonamides is 1. The van der Waals surface area contributed by atoms with Crippen LogP contribution in [0.1, 0.15) is 12.8 Å². The summed E-state index contributed by atoms with van der Waals surface area (Å²) < 4.78 is 25.7. The van der Waals surface area contributed by atoms with Crippen molar-refractivity contribution in [3.8, 4) is 0 Å². The van der Waals surface area contributed by atoms with Crippen molar-refractivity contribution in [3.05, 3.63) is 16.6 Å². The van der Waals surface area contributed by atoms with E-state index in [9.17, 15) is 8.42 Å². The smallest absolute Gasteiger partial charge is 0.229 e. The average Bonchev–Trinajstić information content (AvgIpc) is 3.02. The van der Waals surface area contributed by atoms with Crippen molar-refractivity contribution in [3.63, 3.8) is 0 Å². The maximum atomic E-state index is 11.2. The summed E-state index contributed by atoms with van der Waals surface area (Å²) in [6.07, 6.45) is 3.59. The number of hydrogen-bond donors (Lipinski definition) is 3. The largest absolute Gasteiger partial charge is 0.395 e. The van der Waals surface area contributed by atoms with Crippen LogP contribution in [0.25, 0.3) is 0 Å². The summed E-state index contributed by atoms with van der Waals surface area (Å²) in [5.41, 5.74) is 7.52. The van der Waals surface area contributed by atoms with Crippen molar-refractivity contribution in [1.29, 1.82) is 0 Å². The van der Waals surface area contributed by atoms with Crippen LogP contribution < -0.4 is 15.8 Å². The molecule has 0 aromatic heterocycles. The Hall–Kier alpha value is -0.950. The van der Waals surface area contributed by atoms with Gasteiger partial charge in [-0.15, -0.1) is 0 Å². The van der Waals surface area contributed by atoms with Gasteiger partial charge in [0.05, 0.1) is 23.3 Å². The Bertz CT molecular complexity index is 556. The topological polar surface area (TPSA) is 84.2 Å². The van der Waals surface area contributed by atoms with Gasteiger partial charge in [0, 0.05) is 11.0 Å². The van der Waals surface area contributed by atoms with Crippen LogP contribution in [0.2, 0.25) is 0 Å². The molecule has 0 radical (unpaired) electrons. The standard InChI is InChI=1S/C11H16BrN3O2S/c1-18(16,17)15-10-5-8(12)4-9(11(10)13)14-6-7-2-3-7/h4-5,7,14-15H,2-3,6,13H2,1H3. The van der Waals surface area contributed by atoms with Crippen molar-refractivity contribution in [2.24, 2.45) is 5.92 Å². The fourth-order valence-corrected chi connectivity index (χ4v) is 2.65. The van der Waals surface area contributed by atoms with E-state index in [0.717, 1.165) is 28.9 Å². The quantitative estimate of drug-likeness (QED) is 0.721. The summed E-state index contributed by atoms with van der Waals surface area (Å²) in [5.74, 6) is 0.717. The molecule has 5 nitrogen and oxygen atoms in total. The fraction of sp³-hybridized carbons (Fsp3) is 0.455. The molecular formula is C11H16BrN3O2S. The maximum absolute atomic E-state index is 11.2. The zero-order chi connectivity index (χ0) is 13.3. The molecule has 0 atom stereocenters. The van der Waals surface area contributed by atoms with Crippen molar-refractivity contribution in [2.75, 3.05) is 28.6 Å². The van der Waals surface area contributed by atoms with Crippen molar-refractivity contribution in [2.45, 2.75) is 12.8 Å². The van der Waals surface area contributed by atoms with Gasteiger partial charge in [0.15, 0.2) is 0 Å². The minimum atomic E-state index is -3.33. The second kappa shape index (κ2) is 4.97. The van der Waals surface area contributed by atoms with Gasteiger partial charge in [-0.1, -0.05) is 15.9 Å². The Morgan fingerprint density at radius 1 is 1.39 bits per heavy atom. The molecule has 0 amide bonds. The van der Waals surface area contributed by atoms with Crippen molar-refractivity contribution < 1.29 is 8.42 Å². The van der Waals surface area contributed by atoms with E-state index >= 15 is 0 Å². The van der Waals surface area contributed by atoms with E-state index in [2.05, 4.69) is 26.0 Å². The number of rotatable bonds is 5. The lowest BCUT2D eigenvalue weighted by Gasteiger charge is -2.14. The molecule has 1 saturated carbocycles. The molecule has 1 aromatic rings. The number of anilines is 3. The molecule has 1 aliphatic rings. The van der Waals surface area contributed by atoms with E-state index in [4.69, 9.17) is 5.73 Å². The molecule has 0 heterocycles. The lowest BCUT2D eigenvalue weighted by atomic mass is 10.2. The van der Waals surface area contributed by atoms with E-state index < -0.39 is 10.0 Å². The third kappa shape index (κ3) is 3.78.